The van der Waals surface area contributed by atoms with Crippen molar-refractivity contribution >= 4 is 0 Å². The number of hydrogen-bond acceptors (Lipinski definition) is 4. The van der Waals surface area contributed by atoms with Gasteiger partial charge in [0.25, 0.3) is 0 Å². The molecule has 0 rings (SSSR count). The Hall–Kier alpha value is 0.334. The first-order valence-corrected chi connectivity index (χ1v) is 7.85. The van der Waals surface area contributed by atoms with Crippen molar-refractivity contribution < 1.29 is 26.7 Å². The SMILES string of the molecule is CCN(C)CC(C)(O)CC.CCN(C)CC(C)(O)CC.[Ni]. The zero-order valence-electron chi connectivity index (χ0n) is 15.3. The molecular weight excluding hydrogens is 311 g/mol. The second kappa shape index (κ2) is 12.8. The Balaban J connectivity index is -0.000000295. The Morgan fingerprint density at radius 1 is 0.714 bits per heavy atom. The van der Waals surface area contributed by atoms with Gasteiger partial charge in [-0.25, -0.2) is 0 Å². The van der Waals surface area contributed by atoms with Crippen molar-refractivity contribution in [1.82, 2.24) is 9.80 Å². The van der Waals surface area contributed by atoms with Crippen molar-refractivity contribution in [3.63, 3.8) is 0 Å². The van der Waals surface area contributed by atoms with E-state index in [1.807, 2.05) is 41.8 Å². The molecule has 0 fully saturated rings. The van der Waals surface area contributed by atoms with Crippen molar-refractivity contribution in [3.05, 3.63) is 0 Å². The molecule has 0 aromatic rings. The summed E-state index contributed by atoms with van der Waals surface area (Å²) < 4.78 is 0. The van der Waals surface area contributed by atoms with Crippen LogP contribution in [0.15, 0.2) is 0 Å². The van der Waals surface area contributed by atoms with Gasteiger partial charge in [-0.15, -0.1) is 0 Å². The molecule has 0 aliphatic carbocycles. The van der Waals surface area contributed by atoms with E-state index >= 15 is 0 Å². The maximum absolute atomic E-state index is 9.58. The quantitative estimate of drug-likeness (QED) is 0.660. The molecular formula is C16H38N2NiO2. The van der Waals surface area contributed by atoms with Crippen LogP contribution in [0.4, 0.5) is 0 Å². The third kappa shape index (κ3) is 16.5. The first-order valence-electron chi connectivity index (χ1n) is 7.85. The number of rotatable bonds is 8. The Bertz CT molecular complexity index is 212. The Kier molecular flexibility index (Phi) is 16.0. The molecule has 0 aromatic heterocycles. The van der Waals surface area contributed by atoms with Gasteiger partial charge in [0.1, 0.15) is 0 Å². The van der Waals surface area contributed by atoms with E-state index in [1.165, 1.54) is 0 Å². The fourth-order valence-corrected chi connectivity index (χ4v) is 1.61. The van der Waals surface area contributed by atoms with Crippen molar-refractivity contribution in [2.24, 2.45) is 0 Å². The molecule has 134 valence electrons. The third-order valence-electron chi connectivity index (χ3n) is 3.82. The topological polar surface area (TPSA) is 46.9 Å². The summed E-state index contributed by atoms with van der Waals surface area (Å²) in [5.74, 6) is 0. The monoisotopic (exact) mass is 348 g/mol. The molecule has 2 N–H and O–H groups in total. The fourth-order valence-electron chi connectivity index (χ4n) is 1.61. The summed E-state index contributed by atoms with van der Waals surface area (Å²) in [5.41, 5.74) is -1.02. The first-order chi connectivity index (χ1) is 9.03. The third-order valence-corrected chi connectivity index (χ3v) is 3.82. The maximum atomic E-state index is 9.58. The Morgan fingerprint density at radius 3 is 1.10 bits per heavy atom. The first kappa shape index (κ1) is 26.2. The number of likely N-dealkylation sites (N-methyl/N-ethyl adjacent to an activating group) is 2. The summed E-state index contributed by atoms with van der Waals surface area (Å²) in [6.07, 6.45) is 1.63. The molecule has 0 saturated carbocycles. The largest absolute Gasteiger partial charge is 0.389 e. The van der Waals surface area contributed by atoms with Crippen LogP contribution in [0.5, 0.6) is 0 Å². The van der Waals surface area contributed by atoms with Crippen molar-refractivity contribution in [2.45, 2.75) is 65.6 Å². The van der Waals surface area contributed by atoms with Crippen LogP contribution in [0.3, 0.4) is 0 Å². The smallest absolute Gasteiger partial charge is 0.0743 e. The molecule has 4 nitrogen and oxygen atoms in total. The zero-order chi connectivity index (χ0) is 16.4. The summed E-state index contributed by atoms with van der Waals surface area (Å²) in [5, 5.41) is 19.2. The molecule has 0 aliphatic heterocycles. The summed E-state index contributed by atoms with van der Waals surface area (Å²) in [6, 6.07) is 0. The molecule has 5 heteroatoms. The van der Waals surface area contributed by atoms with Crippen LogP contribution in [0.25, 0.3) is 0 Å². The van der Waals surface area contributed by atoms with Gasteiger partial charge < -0.3 is 20.0 Å². The molecule has 0 bridgehead atoms. The predicted molar refractivity (Wildman–Crippen MR) is 88.2 cm³/mol. The van der Waals surface area contributed by atoms with Crippen LogP contribution in [0.2, 0.25) is 0 Å². The van der Waals surface area contributed by atoms with Crippen molar-refractivity contribution in [3.8, 4) is 0 Å². The van der Waals surface area contributed by atoms with Gasteiger partial charge >= 0.3 is 0 Å². The summed E-state index contributed by atoms with van der Waals surface area (Å²) >= 11 is 0. The average Bonchev–Trinajstić information content (AvgIpc) is 2.38. The summed E-state index contributed by atoms with van der Waals surface area (Å²) in [4.78, 5) is 4.23. The van der Waals surface area contributed by atoms with E-state index < -0.39 is 11.2 Å². The van der Waals surface area contributed by atoms with Gasteiger partial charge in [-0.2, -0.15) is 0 Å². The van der Waals surface area contributed by atoms with Crippen molar-refractivity contribution in [2.75, 3.05) is 40.3 Å². The van der Waals surface area contributed by atoms with E-state index in [1.54, 1.807) is 0 Å². The molecule has 0 spiro atoms. The minimum atomic E-state index is -0.509. The average molecular weight is 349 g/mol. The number of hydrogen-bond donors (Lipinski definition) is 2. The molecule has 2 atom stereocenters. The van der Waals surface area contributed by atoms with Crippen LogP contribution in [-0.4, -0.2) is 71.5 Å². The van der Waals surface area contributed by atoms with E-state index in [9.17, 15) is 10.2 Å². The van der Waals surface area contributed by atoms with Gasteiger partial charge in [0, 0.05) is 29.6 Å². The number of nitrogens with zero attached hydrogens (tertiary/aromatic N) is 2. The molecule has 0 amide bonds. The van der Waals surface area contributed by atoms with E-state index in [0.29, 0.717) is 0 Å². The molecule has 0 aromatic carbocycles. The second-order valence-electron chi connectivity index (χ2n) is 6.36. The predicted octanol–water partition coefficient (Wildman–Crippen LogP) is 2.20. The maximum Gasteiger partial charge on any atom is 0.0743 e. The minimum Gasteiger partial charge on any atom is -0.389 e. The van der Waals surface area contributed by atoms with Crippen LogP contribution >= 0.6 is 0 Å². The van der Waals surface area contributed by atoms with Crippen LogP contribution < -0.4 is 0 Å². The summed E-state index contributed by atoms with van der Waals surface area (Å²) in [7, 11) is 4.04. The normalized spacial score (nSPS) is 16.6. The van der Waals surface area contributed by atoms with Gasteiger partial charge in [-0.05, 0) is 53.9 Å². The van der Waals surface area contributed by atoms with Crippen LogP contribution in [0.1, 0.15) is 54.4 Å². The van der Waals surface area contributed by atoms with Gasteiger partial charge in [0.2, 0.25) is 0 Å². The molecule has 21 heavy (non-hydrogen) atoms. The van der Waals surface area contributed by atoms with E-state index in [-0.39, 0.29) is 16.5 Å². The zero-order valence-corrected chi connectivity index (χ0v) is 16.3. The van der Waals surface area contributed by atoms with Gasteiger partial charge in [0.15, 0.2) is 0 Å². The second-order valence-corrected chi connectivity index (χ2v) is 6.36. The van der Waals surface area contributed by atoms with Gasteiger partial charge in [-0.1, -0.05) is 27.7 Å². The fraction of sp³-hybridized carbons (Fsp3) is 1.00. The minimum absolute atomic E-state index is 0. The van der Waals surface area contributed by atoms with Crippen molar-refractivity contribution in [1.29, 1.82) is 0 Å². The van der Waals surface area contributed by atoms with Crippen LogP contribution in [-0.2, 0) is 16.5 Å². The van der Waals surface area contributed by atoms with E-state index in [0.717, 1.165) is 39.0 Å². The standard InChI is InChI=1S/2C8H19NO.Ni/c2*1-5-8(3,10)7-9(4)6-2;/h2*10H,5-7H2,1-4H3;. The van der Waals surface area contributed by atoms with Gasteiger partial charge in [-0.3, -0.25) is 0 Å². The van der Waals surface area contributed by atoms with Gasteiger partial charge in [0.05, 0.1) is 11.2 Å². The molecule has 0 heterocycles. The van der Waals surface area contributed by atoms with Crippen LogP contribution in [0, 0.1) is 0 Å². The molecule has 0 saturated heterocycles. The Labute approximate surface area is 142 Å². The van der Waals surface area contributed by atoms with E-state index in [4.69, 9.17) is 0 Å². The molecule has 0 radical (unpaired) electrons. The van der Waals surface area contributed by atoms with E-state index in [2.05, 4.69) is 23.6 Å². The molecule has 2 unspecified atom stereocenters. The summed E-state index contributed by atoms with van der Waals surface area (Å²) in [6.45, 7) is 15.5. The molecule has 0 aliphatic rings. The number of aliphatic hydroxyl groups is 2. The Morgan fingerprint density at radius 2 is 0.952 bits per heavy atom.